The molecule has 0 radical (unpaired) electrons. The molecule has 0 spiro atoms. The van der Waals surface area contributed by atoms with Crippen LogP contribution in [-0.2, 0) is 4.79 Å². The van der Waals surface area contributed by atoms with Crippen molar-refractivity contribution >= 4 is 62.7 Å². The van der Waals surface area contributed by atoms with E-state index in [1.54, 1.807) is 11.0 Å². The van der Waals surface area contributed by atoms with Gasteiger partial charge in [0.2, 0.25) is 5.13 Å². The van der Waals surface area contributed by atoms with Crippen LogP contribution in [0.2, 0.25) is 0 Å². The smallest absolute Gasteiger partial charge is 0.268 e. The number of rotatable bonds is 4. The number of carbonyl (C=O) groups is 1. The third kappa shape index (κ3) is 4.67. The number of aryl methyl sites for hydroxylation is 1. The van der Waals surface area contributed by atoms with Crippen LogP contribution in [0.5, 0.6) is 0 Å². The van der Waals surface area contributed by atoms with Gasteiger partial charge in [0.1, 0.15) is 0 Å². The molecule has 1 fully saturated rings. The summed E-state index contributed by atoms with van der Waals surface area (Å²) in [4.78, 5) is 24.3. The van der Waals surface area contributed by atoms with Crippen molar-refractivity contribution in [3.05, 3.63) is 93.3 Å². The fraction of sp³-hybridized carbons (Fsp3) is 0.0455. The number of amides is 1. The van der Waals surface area contributed by atoms with E-state index in [0.717, 1.165) is 16.9 Å². The Morgan fingerprint density at radius 1 is 1.10 bits per heavy atom. The zero-order valence-electron chi connectivity index (χ0n) is 15.4. The molecule has 0 atom stereocenters. The van der Waals surface area contributed by atoms with E-state index >= 15 is 0 Å². The lowest BCUT2D eigenvalue weighted by Crippen LogP contribution is -2.28. The number of thioether (sulfide) groups is 1. The van der Waals surface area contributed by atoms with Crippen molar-refractivity contribution in [1.29, 1.82) is 0 Å². The Kier molecular flexibility index (Phi) is 5.94. The lowest BCUT2D eigenvalue weighted by molar-refractivity contribution is -0.113. The van der Waals surface area contributed by atoms with E-state index in [9.17, 15) is 4.79 Å². The molecular weight excluding hydrogens is 422 g/mol. The number of hydrogen-bond acceptors (Lipinski definition) is 5. The summed E-state index contributed by atoms with van der Waals surface area (Å²) in [5, 5.41) is 3.59. The first-order valence-electron chi connectivity index (χ1n) is 8.82. The van der Waals surface area contributed by atoms with Crippen LogP contribution in [0, 0.1) is 6.92 Å². The molecule has 7 heteroatoms. The van der Waals surface area contributed by atoms with Gasteiger partial charge in [-0.25, -0.2) is 4.98 Å². The molecule has 0 N–H and O–H groups in total. The number of nitrogens with zero attached hydrogens (tertiary/aromatic N) is 3. The highest BCUT2D eigenvalue weighted by atomic mass is 35.5. The second-order valence-electron chi connectivity index (χ2n) is 6.19. The highest BCUT2D eigenvalue weighted by Gasteiger charge is 2.35. The van der Waals surface area contributed by atoms with E-state index in [1.807, 2.05) is 79.0 Å². The Bertz CT molecular complexity index is 1120. The van der Waals surface area contributed by atoms with Crippen LogP contribution < -0.4 is 4.90 Å². The molecule has 0 saturated carbocycles. The SMILES string of the molecule is Cc1csc(/N=C2/S/C(=C\C(Cl)=C\c3ccccc3)C(=O)N2c2ccccc2)n1. The molecule has 1 aliphatic heterocycles. The zero-order valence-corrected chi connectivity index (χ0v) is 17.8. The van der Waals surface area contributed by atoms with Crippen LogP contribution in [0.3, 0.4) is 0 Å². The van der Waals surface area contributed by atoms with Crippen molar-refractivity contribution in [1.82, 2.24) is 4.98 Å². The number of amidine groups is 1. The third-order valence-electron chi connectivity index (χ3n) is 3.99. The average Bonchev–Trinajstić information content (AvgIpc) is 3.26. The largest absolute Gasteiger partial charge is 0.271 e. The number of aliphatic imine (C=N–C) groups is 1. The Hall–Kier alpha value is -2.67. The van der Waals surface area contributed by atoms with E-state index in [-0.39, 0.29) is 5.91 Å². The minimum atomic E-state index is -0.159. The van der Waals surface area contributed by atoms with E-state index < -0.39 is 0 Å². The summed E-state index contributed by atoms with van der Waals surface area (Å²) in [6.45, 7) is 1.92. The van der Waals surface area contributed by atoms with Gasteiger partial charge >= 0.3 is 0 Å². The van der Waals surface area contributed by atoms with Crippen LogP contribution in [0.15, 0.2) is 87.0 Å². The van der Waals surface area contributed by atoms with Gasteiger partial charge in [0.05, 0.1) is 16.3 Å². The second kappa shape index (κ2) is 8.78. The maximum Gasteiger partial charge on any atom is 0.271 e. The summed E-state index contributed by atoms with van der Waals surface area (Å²) in [5.74, 6) is -0.159. The summed E-state index contributed by atoms with van der Waals surface area (Å²) >= 11 is 9.15. The van der Waals surface area contributed by atoms with E-state index in [1.165, 1.54) is 23.1 Å². The van der Waals surface area contributed by atoms with Crippen LogP contribution in [0.4, 0.5) is 10.8 Å². The Labute approximate surface area is 182 Å². The van der Waals surface area contributed by atoms with Gasteiger partial charge in [-0.2, -0.15) is 4.99 Å². The normalized spacial score (nSPS) is 17.5. The standard InChI is InChI=1S/C22H16ClN3OS2/c1-15-14-28-21(24-15)25-22-26(18-10-6-3-7-11-18)20(27)19(29-22)13-17(23)12-16-8-4-2-5-9-16/h2-14H,1H3/b17-12-,19-13-,25-22+. The molecule has 2 aromatic carbocycles. The highest BCUT2D eigenvalue weighted by molar-refractivity contribution is 8.19. The topological polar surface area (TPSA) is 45.6 Å². The number of hydrogen-bond donors (Lipinski definition) is 0. The fourth-order valence-electron chi connectivity index (χ4n) is 2.70. The van der Waals surface area contributed by atoms with Crippen molar-refractivity contribution in [2.24, 2.45) is 4.99 Å². The first kappa shape index (κ1) is 19.6. The van der Waals surface area contributed by atoms with Crippen LogP contribution in [0.1, 0.15) is 11.3 Å². The van der Waals surface area contributed by atoms with Crippen molar-refractivity contribution < 1.29 is 4.79 Å². The molecule has 1 amide bonds. The number of aromatic nitrogens is 1. The molecule has 1 aromatic heterocycles. The number of halogens is 1. The minimum absolute atomic E-state index is 0.159. The maximum atomic E-state index is 13.2. The molecule has 4 nitrogen and oxygen atoms in total. The zero-order chi connectivity index (χ0) is 20.2. The van der Waals surface area contributed by atoms with Gasteiger partial charge in [-0.1, -0.05) is 60.1 Å². The highest BCUT2D eigenvalue weighted by Crippen LogP contribution is 2.37. The lowest BCUT2D eigenvalue weighted by Gasteiger charge is -2.14. The van der Waals surface area contributed by atoms with Gasteiger partial charge in [-0.05, 0) is 48.5 Å². The summed E-state index contributed by atoms with van der Waals surface area (Å²) in [7, 11) is 0. The van der Waals surface area contributed by atoms with Gasteiger partial charge in [0, 0.05) is 10.4 Å². The number of anilines is 1. The van der Waals surface area contributed by atoms with Crippen molar-refractivity contribution in [2.75, 3.05) is 4.90 Å². The summed E-state index contributed by atoms with van der Waals surface area (Å²) in [6.07, 6.45) is 3.52. The number of allylic oxidation sites excluding steroid dienone is 2. The minimum Gasteiger partial charge on any atom is -0.268 e. The van der Waals surface area contributed by atoms with Crippen molar-refractivity contribution in [3.8, 4) is 0 Å². The first-order chi connectivity index (χ1) is 14.1. The van der Waals surface area contributed by atoms with E-state index in [4.69, 9.17) is 11.6 Å². The molecule has 29 heavy (non-hydrogen) atoms. The maximum absolute atomic E-state index is 13.2. The fourth-order valence-corrected chi connectivity index (χ4v) is 4.70. The first-order valence-corrected chi connectivity index (χ1v) is 10.9. The van der Waals surface area contributed by atoms with E-state index in [0.29, 0.717) is 20.2 Å². The number of benzene rings is 2. The molecule has 2 heterocycles. The Balaban J connectivity index is 1.71. The summed E-state index contributed by atoms with van der Waals surface area (Å²) in [6, 6.07) is 19.2. The van der Waals surface area contributed by atoms with Crippen molar-refractivity contribution in [2.45, 2.75) is 6.92 Å². The lowest BCUT2D eigenvalue weighted by atomic mass is 10.2. The average molecular weight is 438 g/mol. The molecule has 4 rings (SSSR count). The van der Waals surface area contributed by atoms with Crippen LogP contribution in [0.25, 0.3) is 6.08 Å². The molecule has 1 aliphatic rings. The molecule has 0 aliphatic carbocycles. The molecule has 144 valence electrons. The number of thiazole rings is 1. The molecule has 0 bridgehead atoms. The predicted octanol–water partition coefficient (Wildman–Crippen LogP) is 6.38. The third-order valence-corrected chi connectivity index (χ3v) is 6.03. The van der Waals surface area contributed by atoms with Crippen molar-refractivity contribution in [3.63, 3.8) is 0 Å². The summed E-state index contributed by atoms with van der Waals surface area (Å²) < 4.78 is 0. The Morgan fingerprint density at radius 2 is 1.79 bits per heavy atom. The molecule has 3 aromatic rings. The second-order valence-corrected chi connectivity index (χ2v) is 8.47. The van der Waals surface area contributed by atoms with Crippen LogP contribution in [-0.4, -0.2) is 16.1 Å². The van der Waals surface area contributed by atoms with E-state index in [2.05, 4.69) is 9.98 Å². The summed E-state index contributed by atoms with van der Waals surface area (Å²) in [5.41, 5.74) is 2.62. The predicted molar refractivity (Wildman–Crippen MR) is 124 cm³/mol. The molecular formula is C22H16ClN3OS2. The molecule has 0 unspecified atom stereocenters. The quantitative estimate of drug-likeness (QED) is 0.444. The van der Waals surface area contributed by atoms with Gasteiger partial charge in [0.15, 0.2) is 5.17 Å². The molecule has 1 saturated heterocycles. The van der Waals surface area contributed by atoms with Crippen LogP contribution >= 0.6 is 34.7 Å². The number of carbonyl (C=O) groups excluding carboxylic acids is 1. The van der Waals surface area contributed by atoms with Gasteiger partial charge in [-0.3, -0.25) is 9.69 Å². The number of para-hydroxylation sites is 1. The Morgan fingerprint density at radius 3 is 2.45 bits per heavy atom. The van der Waals surface area contributed by atoms with Gasteiger partial charge < -0.3 is 0 Å². The van der Waals surface area contributed by atoms with Gasteiger partial charge in [0.25, 0.3) is 5.91 Å². The van der Waals surface area contributed by atoms with Gasteiger partial charge in [-0.15, -0.1) is 11.3 Å². The monoisotopic (exact) mass is 437 g/mol.